The summed E-state index contributed by atoms with van der Waals surface area (Å²) in [5.41, 5.74) is 1.89. The fourth-order valence-electron chi connectivity index (χ4n) is 3.26. The number of benzene rings is 2. The molecule has 0 aliphatic heterocycles. The van der Waals surface area contributed by atoms with E-state index in [9.17, 15) is 9.90 Å². The molecule has 0 saturated heterocycles. The normalized spacial score (nSPS) is 14.3. The summed E-state index contributed by atoms with van der Waals surface area (Å²) in [5, 5.41) is 9.99. The van der Waals surface area contributed by atoms with E-state index in [4.69, 9.17) is 9.47 Å². The number of esters is 1. The van der Waals surface area contributed by atoms with Crippen molar-refractivity contribution in [3.05, 3.63) is 71.8 Å². The van der Waals surface area contributed by atoms with E-state index in [0.29, 0.717) is 12.4 Å². The Hall–Kier alpha value is -2.59. The molecule has 0 saturated carbocycles. The molecule has 0 aliphatic rings. The summed E-state index contributed by atoms with van der Waals surface area (Å²) in [6.45, 7) is 6.16. The summed E-state index contributed by atoms with van der Waals surface area (Å²) >= 11 is 0. The number of unbranched alkanes of at least 4 members (excludes halogenated alkanes) is 1. The van der Waals surface area contributed by atoms with E-state index in [2.05, 4.69) is 6.92 Å². The number of hydrogen-bond donors (Lipinski definition) is 1. The molecule has 2 aromatic rings. The van der Waals surface area contributed by atoms with Crippen molar-refractivity contribution < 1.29 is 19.4 Å². The predicted octanol–water partition coefficient (Wildman–Crippen LogP) is 5.40. The molecular weight excluding hydrogens is 364 g/mol. The third-order valence-electron chi connectivity index (χ3n) is 4.97. The number of hydrogen-bond acceptors (Lipinski definition) is 4. The minimum atomic E-state index is -0.513. The number of aliphatic hydroxyl groups is 1. The van der Waals surface area contributed by atoms with Crippen LogP contribution in [0.15, 0.2) is 60.7 Å². The van der Waals surface area contributed by atoms with Crippen molar-refractivity contribution in [3.8, 4) is 5.75 Å². The van der Waals surface area contributed by atoms with Gasteiger partial charge in [0, 0.05) is 17.6 Å². The van der Waals surface area contributed by atoms with Crippen molar-refractivity contribution in [3.63, 3.8) is 0 Å². The zero-order chi connectivity index (χ0) is 21.1. The van der Waals surface area contributed by atoms with Crippen molar-refractivity contribution in [1.29, 1.82) is 0 Å². The number of carbonyl (C=O) groups excluding carboxylic acids is 1. The first-order valence-electron chi connectivity index (χ1n) is 10.3. The Morgan fingerprint density at radius 2 is 1.76 bits per heavy atom. The summed E-state index contributed by atoms with van der Waals surface area (Å²) in [5.74, 6) is 0.226. The Bertz CT molecular complexity index is 767. The lowest BCUT2D eigenvalue weighted by atomic mass is 9.92. The van der Waals surface area contributed by atoms with Gasteiger partial charge in [-0.05, 0) is 38.0 Å². The number of aliphatic hydroxyl groups excluding tert-OH is 1. The van der Waals surface area contributed by atoms with Gasteiger partial charge in [-0.15, -0.1) is 0 Å². The van der Waals surface area contributed by atoms with Crippen molar-refractivity contribution >= 4 is 12.0 Å². The maximum Gasteiger partial charge on any atom is 0.331 e. The van der Waals surface area contributed by atoms with Crippen molar-refractivity contribution in [2.24, 2.45) is 5.92 Å². The van der Waals surface area contributed by atoms with E-state index in [1.165, 1.54) is 6.08 Å². The topological polar surface area (TPSA) is 55.8 Å². The Morgan fingerprint density at radius 1 is 1.07 bits per heavy atom. The summed E-state index contributed by atoms with van der Waals surface area (Å²) in [6, 6.07) is 17.5. The number of rotatable bonds is 11. The van der Waals surface area contributed by atoms with Crippen LogP contribution in [-0.2, 0) is 16.1 Å². The molecule has 29 heavy (non-hydrogen) atoms. The summed E-state index contributed by atoms with van der Waals surface area (Å²) < 4.78 is 11.4. The predicted molar refractivity (Wildman–Crippen MR) is 116 cm³/mol. The van der Waals surface area contributed by atoms with Crippen LogP contribution in [0.4, 0.5) is 0 Å². The minimum absolute atomic E-state index is 0.0613. The first-order chi connectivity index (χ1) is 14.0. The molecule has 2 aromatic carbocycles. The van der Waals surface area contributed by atoms with Gasteiger partial charge in [0.15, 0.2) is 0 Å². The van der Waals surface area contributed by atoms with Gasteiger partial charge in [-0.3, -0.25) is 0 Å². The zero-order valence-corrected chi connectivity index (χ0v) is 17.6. The quantitative estimate of drug-likeness (QED) is 0.408. The average molecular weight is 397 g/mol. The highest BCUT2D eigenvalue weighted by molar-refractivity contribution is 5.87. The van der Waals surface area contributed by atoms with Gasteiger partial charge in [0.05, 0.1) is 6.10 Å². The van der Waals surface area contributed by atoms with Crippen LogP contribution in [0.5, 0.6) is 5.75 Å². The van der Waals surface area contributed by atoms with Gasteiger partial charge in [-0.1, -0.05) is 68.3 Å². The third kappa shape index (κ3) is 7.74. The molecule has 0 heterocycles. The number of ether oxygens (including phenoxy) is 2. The summed E-state index contributed by atoms with van der Waals surface area (Å²) in [7, 11) is 0. The van der Waals surface area contributed by atoms with Crippen LogP contribution in [-0.4, -0.2) is 23.3 Å². The fraction of sp³-hybridized carbons (Fsp3) is 0.400. The van der Waals surface area contributed by atoms with Crippen LogP contribution in [0.3, 0.4) is 0 Å². The minimum Gasteiger partial charge on any atom is -0.488 e. The van der Waals surface area contributed by atoms with Crippen LogP contribution < -0.4 is 4.74 Å². The fourth-order valence-corrected chi connectivity index (χ4v) is 3.26. The molecule has 4 nitrogen and oxygen atoms in total. The molecule has 0 spiro atoms. The van der Waals surface area contributed by atoms with Crippen LogP contribution in [0, 0.1) is 5.92 Å². The molecule has 0 fully saturated rings. The van der Waals surface area contributed by atoms with Gasteiger partial charge in [-0.2, -0.15) is 0 Å². The molecule has 1 N–H and O–H groups in total. The van der Waals surface area contributed by atoms with Crippen LogP contribution in [0.25, 0.3) is 6.08 Å². The highest BCUT2D eigenvalue weighted by atomic mass is 16.5. The highest BCUT2D eigenvalue weighted by Gasteiger charge is 2.24. The first-order valence-corrected chi connectivity index (χ1v) is 10.3. The molecule has 0 radical (unpaired) electrons. The molecule has 156 valence electrons. The van der Waals surface area contributed by atoms with Crippen molar-refractivity contribution in [1.82, 2.24) is 0 Å². The van der Waals surface area contributed by atoms with Gasteiger partial charge in [0.25, 0.3) is 0 Å². The lowest BCUT2D eigenvalue weighted by Gasteiger charge is -2.26. The molecule has 0 aliphatic carbocycles. The lowest BCUT2D eigenvalue weighted by molar-refractivity contribution is -0.146. The molecule has 0 aromatic heterocycles. The standard InChI is InChI=1S/C25H32O4/c1-4-5-14-23(19(2)26)20(3)29-25(27)17-16-22-13-9-10-15-24(22)28-18-21-11-7-6-8-12-21/h6-13,15-17,19-20,23,26H,4-5,14,18H2,1-3H3/t19-,20+,23?/m0/s1. The average Bonchev–Trinajstić information content (AvgIpc) is 2.72. The van der Waals surface area contributed by atoms with Gasteiger partial charge < -0.3 is 14.6 Å². The second kappa shape index (κ2) is 12.1. The number of carbonyl (C=O) groups is 1. The molecule has 4 heteroatoms. The van der Waals surface area contributed by atoms with E-state index < -0.39 is 12.1 Å². The lowest BCUT2D eigenvalue weighted by Crippen LogP contribution is -2.31. The number of para-hydroxylation sites is 1. The molecule has 1 unspecified atom stereocenters. The van der Waals surface area contributed by atoms with Crippen molar-refractivity contribution in [2.75, 3.05) is 0 Å². The van der Waals surface area contributed by atoms with Gasteiger partial charge in [0.2, 0.25) is 0 Å². The van der Waals surface area contributed by atoms with Gasteiger partial charge in [0.1, 0.15) is 18.5 Å². The van der Waals surface area contributed by atoms with E-state index >= 15 is 0 Å². The molecule has 0 bridgehead atoms. The van der Waals surface area contributed by atoms with Crippen LogP contribution >= 0.6 is 0 Å². The second-order valence-corrected chi connectivity index (χ2v) is 7.33. The largest absolute Gasteiger partial charge is 0.488 e. The van der Waals surface area contributed by atoms with Crippen molar-refractivity contribution in [2.45, 2.75) is 58.8 Å². The third-order valence-corrected chi connectivity index (χ3v) is 4.97. The molecule has 0 amide bonds. The summed E-state index contributed by atoms with van der Waals surface area (Å²) in [6.07, 6.45) is 5.15. The maximum atomic E-state index is 12.3. The Balaban J connectivity index is 1.97. The molecular formula is C25H32O4. The highest BCUT2D eigenvalue weighted by Crippen LogP contribution is 2.22. The van der Waals surface area contributed by atoms with E-state index in [1.54, 1.807) is 13.0 Å². The van der Waals surface area contributed by atoms with Gasteiger partial charge in [-0.25, -0.2) is 4.79 Å². The van der Waals surface area contributed by atoms with Crippen LogP contribution in [0.1, 0.15) is 51.2 Å². The van der Waals surface area contributed by atoms with Gasteiger partial charge >= 0.3 is 5.97 Å². The monoisotopic (exact) mass is 396 g/mol. The zero-order valence-electron chi connectivity index (χ0n) is 17.6. The summed E-state index contributed by atoms with van der Waals surface area (Å²) in [4.78, 5) is 12.3. The second-order valence-electron chi connectivity index (χ2n) is 7.33. The maximum absolute atomic E-state index is 12.3. The van der Waals surface area contributed by atoms with E-state index in [-0.39, 0.29) is 12.0 Å². The van der Waals surface area contributed by atoms with E-state index in [0.717, 1.165) is 30.4 Å². The molecule has 2 rings (SSSR count). The van der Waals surface area contributed by atoms with Crippen LogP contribution in [0.2, 0.25) is 0 Å². The molecule has 3 atom stereocenters. The Kier molecular flexibility index (Phi) is 9.45. The SMILES string of the molecule is CCCCC([C@H](C)O)[C@@H](C)OC(=O)C=Cc1ccccc1OCc1ccccc1. The smallest absolute Gasteiger partial charge is 0.331 e. The Labute approximate surface area is 174 Å². The first kappa shape index (κ1) is 22.7. The van der Waals surface area contributed by atoms with E-state index in [1.807, 2.05) is 61.5 Å². The Morgan fingerprint density at radius 3 is 2.45 bits per heavy atom.